The van der Waals surface area contributed by atoms with Crippen LogP contribution >= 0.6 is 0 Å². The Hall–Kier alpha value is -3.81. The second-order valence-electron chi connectivity index (χ2n) is 8.40. The molecule has 1 aromatic heterocycles. The summed E-state index contributed by atoms with van der Waals surface area (Å²) in [6.45, 7) is 6.47. The zero-order valence-corrected chi connectivity index (χ0v) is 18.8. The fourth-order valence-electron chi connectivity index (χ4n) is 4.27. The Labute approximate surface area is 192 Å². The van der Waals surface area contributed by atoms with Crippen molar-refractivity contribution >= 4 is 23.2 Å². The van der Waals surface area contributed by atoms with Gasteiger partial charge in [-0.05, 0) is 48.9 Å². The van der Waals surface area contributed by atoms with Gasteiger partial charge in [-0.2, -0.15) is 0 Å². The maximum atomic E-state index is 13.0. The fraction of sp³-hybridized carbons (Fsp3) is 0.320. The summed E-state index contributed by atoms with van der Waals surface area (Å²) in [6, 6.07) is 13.9. The fourth-order valence-corrected chi connectivity index (χ4v) is 4.27. The third-order valence-corrected chi connectivity index (χ3v) is 6.12. The summed E-state index contributed by atoms with van der Waals surface area (Å²) in [6.07, 6.45) is 1.73. The predicted octanol–water partition coefficient (Wildman–Crippen LogP) is 3.03. The van der Waals surface area contributed by atoms with Gasteiger partial charge in [0.2, 0.25) is 5.91 Å². The second-order valence-corrected chi connectivity index (χ2v) is 8.40. The van der Waals surface area contributed by atoms with Crippen LogP contribution in [-0.2, 0) is 9.59 Å². The number of amides is 2. The first-order valence-electron chi connectivity index (χ1n) is 11.1. The third kappa shape index (κ3) is 4.28. The van der Waals surface area contributed by atoms with Crippen LogP contribution < -0.4 is 14.5 Å². The van der Waals surface area contributed by atoms with Gasteiger partial charge >= 0.3 is 0 Å². The first kappa shape index (κ1) is 21.1. The van der Waals surface area contributed by atoms with Crippen molar-refractivity contribution in [1.82, 2.24) is 9.88 Å². The SMILES string of the molecule is Cc1ccc2c(c1)N(CC(=O)N1CCN(c3ccc(-c4cnc(C)o4)cc3)CC1)C(=O)CO2. The number of aryl methyl sites for hydroxylation is 2. The van der Waals surface area contributed by atoms with E-state index in [4.69, 9.17) is 9.15 Å². The van der Waals surface area contributed by atoms with Gasteiger partial charge in [0, 0.05) is 44.4 Å². The van der Waals surface area contributed by atoms with Crippen LogP contribution in [0.15, 0.2) is 53.1 Å². The van der Waals surface area contributed by atoms with Gasteiger partial charge in [0.05, 0.1) is 11.9 Å². The minimum absolute atomic E-state index is 0.0317. The van der Waals surface area contributed by atoms with Gasteiger partial charge in [0.1, 0.15) is 12.3 Å². The molecule has 170 valence electrons. The standard InChI is InChI=1S/C25H26N4O4/c1-17-3-8-22-21(13-17)29(25(31)16-32-22)15-24(30)28-11-9-27(10-12-28)20-6-4-19(5-7-20)23-14-26-18(2)33-23/h3-8,13-14H,9-12,15-16H2,1-2H3. The number of anilines is 2. The van der Waals surface area contributed by atoms with Crippen molar-refractivity contribution in [3.8, 4) is 17.1 Å². The van der Waals surface area contributed by atoms with E-state index in [1.165, 1.54) is 0 Å². The number of ether oxygens (including phenoxy) is 1. The predicted molar refractivity (Wildman–Crippen MR) is 124 cm³/mol. The van der Waals surface area contributed by atoms with Crippen molar-refractivity contribution < 1.29 is 18.7 Å². The van der Waals surface area contributed by atoms with Gasteiger partial charge in [-0.15, -0.1) is 0 Å². The number of oxazole rings is 1. The van der Waals surface area contributed by atoms with Gasteiger partial charge in [0.15, 0.2) is 18.3 Å². The molecule has 2 aromatic carbocycles. The quantitative estimate of drug-likeness (QED) is 0.613. The van der Waals surface area contributed by atoms with Crippen molar-refractivity contribution in [3.63, 3.8) is 0 Å². The number of nitrogens with zero attached hydrogens (tertiary/aromatic N) is 4. The maximum Gasteiger partial charge on any atom is 0.265 e. The highest BCUT2D eigenvalue weighted by Crippen LogP contribution is 2.33. The van der Waals surface area contributed by atoms with E-state index in [1.807, 2.05) is 49.1 Å². The molecule has 2 aliphatic rings. The minimum atomic E-state index is -0.192. The molecule has 1 saturated heterocycles. The Morgan fingerprint density at radius 3 is 2.48 bits per heavy atom. The van der Waals surface area contributed by atoms with Crippen LogP contribution in [0.3, 0.4) is 0 Å². The molecule has 33 heavy (non-hydrogen) atoms. The van der Waals surface area contributed by atoms with E-state index in [0.29, 0.717) is 30.4 Å². The summed E-state index contributed by atoms with van der Waals surface area (Å²) in [5, 5.41) is 0. The highest BCUT2D eigenvalue weighted by molar-refractivity contribution is 6.02. The Bertz CT molecular complexity index is 1180. The molecule has 3 heterocycles. The molecule has 0 radical (unpaired) electrons. The molecular formula is C25H26N4O4. The Morgan fingerprint density at radius 2 is 1.79 bits per heavy atom. The Balaban J connectivity index is 1.20. The summed E-state index contributed by atoms with van der Waals surface area (Å²) in [7, 11) is 0. The van der Waals surface area contributed by atoms with Crippen LogP contribution in [0.25, 0.3) is 11.3 Å². The highest BCUT2D eigenvalue weighted by Gasteiger charge is 2.30. The number of benzene rings is 2. The number of piperazine rings is 1. The molecule has 1 fully saturated rings. The number of hydrogen-bond donors (Lipinski definition) is 0. The lowest BCUT2D eigenvalue weighted by Crippen LogP contribution is -2.53. The van der Waals surface area contributed by atoms with E-state index in [1.54, 1.807) is 11.1 Å². The van der Waals surface area contributed by atoms with E-state index in [9.17, 15) is 9.59 Å². The number of rotatable bonds is 4. The molecule has 0 bridgehead atoms. The summed E-state index contributed by atoms with van der Waals surface area (Å²) in [5.74, 6) is 1.80. The first-order chi connectivity index (χ1) is 16.0. The van der Waals surface area contributed by atoms with Crippen LogP contribution in [0.4, 0.5) is 11.4 Å². The molecule has 0 N–H and O–H groups in total. The molecule has 0 spiro atoms. The molecular weight excluding hydrogens is 420 g/mol. The number of carbonyl (C=O) groups is 2. The number of fused-ring (bicyclic) bond motifs is 1. The summed E-state index contributed by atoms with van der Waals surface area (Å²) in [5.41, 5.74) is 3.77. The monoisotopic (exact) mass is 446 g/mol. The molecule has 0 unspecified atom stereocenters. The minimum Gasteiger partial charge on any atom is -0.482 e. The van der Waals surface area contributed by atoms with Gasteiger partial charge in [-0.1, -0.05) is 6.07 Å². The van der Waals surface area contributed by atoms with Crippen molar-refractivity contribution in [2.75, 3.05) is 49.1 Å². The topological polar surface area (TPSA) is 79.1 Å². The number of carbonyl (C=O) groups excluding carboxylic acids is 2. The lowest BCUT2D eigenvalue weighted by molar-refractivity contribution is -0.132. The number of hydrogen-bond acceptors (Lipinski definition) is 6. The van der Waals surface area contributed by atoms with Crippen molar-refractivity contribution in [2.45, 2.75) is 13.8 Å². The maximum absolute atomic E-state index is 13.0. The van der Waals surface area contributed by atoms with E-state index in [-0.39, 0.29) is 25.0 Å². The Kier molecular flexibility index (Phi) is 5.50. The largest absolute Gasteiger partial charge is 0.482 e. The summed E-state index contributed by atoms with van der Waals surface area (Å²) >= 11 is 0. The molecule has 0 saturated carbocycles. The van der Waals surface area contributed by atoms with Gasteiger partial charge in [-0.3, -0.25) is 14.5 Å². The molecule has 2 aliphatic heterocycles. The average molecular weight is 447 g/mol. The van der Waals surface area contributed by atoms with Gasteiger partial charge in [0.25, 0.3) is 5.91 Å². The Morgan fingerprint density at radius 1 is 1.03 bits per heavy atom. The van der Waals surface area contributed by atoms with Crippen LogP contribution in [0, 0.1) is 13.8 Å². The molecule has 8 nitrogen and oxygen atoms in total. The highest BCUT2D eigenvalue weighted by atomic mass is 16.5. The molecule has 2 amide bonds. The van der Waals surface area contributed by atoms with E-state index in [0.717, 1.165) is 35.7 Å². The number of aromatic nitrogens is 1. The molecule has 0 atom stereocenters. The van der Waals surface area contributed by atoms with E-state index in [2.05, 4.69) is 22.0 Å². The second kappa shape index (κ2) is 8.61. The molecule has 0 aliphatic carbocycles. The molecule has 3 aromatic rings. The normalized spacial score (nSPS) is 15.9. The molecule has 5 rings (SSSR count). The zero-order valence-electron chi connectivity index (χ0n) is 18.8. The van der Waals surface area contributed by atoms with Crippen molar-refractivity contribution in [3.05, 3.63) is 60.1 Å². The lowest BCUT2D eigenvalue weighted by Gasteiger charge is -2.37. The summed E-state index contributed by atoms with van der Waals surface area (Å²) < 4.78 is 11.1. The average Bonchev–Trinajstić information content (AvgIpc) is 3.27. The molecule has 8 heteroatoms. The van der Waals surface area contributed by atoms with E-state index < -0.39 is 0 Å². The lowest BCUT2D eigenvalue weighted by atomic mass is 10.1. The van der Waals surface area contributed by atoms with Crippen LogP contribution in [0.1, 0.15) is 11.5 Å². The van der Waals surface area contributed by atoms with Crippen LogP contribution in [0.5, 0.6) is 5.75 Å². The summed E-state index contributed by atoms with van der Waals surface area (Å²) in [4.78, 5) is 35.3. The third-order valence-electron chi connectivity index (χ3n) is 6.12. The van der Waals surface area contributed by atoms with E-state index >= 15 is 0 Å². The smallest absolute Gasteiger partial charge is 0.265 e. The van der Waals surface area contributed by atoms with Crippen molar-refractivity contribution in [2.24, 2.45) is 0 Å². The van der Waals surface area contributed by atoms with Crippen LogP contribution in [0.2, 0.25) is 0 Å². The van der Waals surface area contributed by atoms with Gasteiger partial charge < -0.3 is 19.0 Å². The van der Waals surface area contributed by atoms with Crippen molar-refractivity contribution in [1.29, 1.82) is 0 Å². The first-order valence-corrected chi connectivity index (χ1v) is 11.1. The van der Waals surface area contributed by atoms with Gasteiger partial charge in [-0.25, -0.2) is 4.98 Å². The van der Waals surface area contributed by atoms with Crippen LogP contribution in [-0.4, -0.2) is 61.0 Å². The zero-order chi connectivity index (χ0) is 22.9.